The van der Waals surface area contributed by atoms with E-state index in [-0.39, 0.29) is 29.2 Å². The van der Waals surface area contributed by atoms with Crippen LogP contribution in [0.1, 0.15) is 35.4 Å². The van der Waals surface area contributed by atoms with Crippen molar-refractivity contribution in [1.82, 2.24) is 15.2 Å². The van der Waals surface area contributed by atoms with E-state index in [0.29, 0.717) is 24.5 Å². The third-order valence-electron chi connectivity index (χ3n) is 5.31. The number of carbonyl (C=O) groups is 2. The van der Waals surface area contributed by atoms with Crippen LogP contribution in [0.3, 0.4) is 0 Å². The summed E-state index contributed by atoms with van der Waals surface area (Å²) in [6, 6.07) is 13.2. The molecule has 2 amide bonds. The van der Waals surface area contributed by atoms with E-state index >= 15 is 0 Å². The Kier molecular flexibility index (Phi) is 5.45. The lowest BCUT2D eigenvalue weighted by Crippen LogP contribution is -2.40. The minimum Gasteiger partial charge on any atom is -0.356 e. The molecule has 1 aliphatic rings. The Labute approximate surface area is 180 Å². The van der Waals surface area contributed by atoms with E-state index in [9.17, 15) is 18.0 Å². The first kappa shape index (κ1) is 20.9. The number of nitrogens with one attached hydrogen (secondary N) is 3. The van der Waals surface area contributed by atoms with Gasteiger partial charge in [-0.3, -0.25) is 14.3 Å². The summed E-state index contributed by atoms with van der Waals surface area (Å²) in [4.78, 5) is 24.7. The topological polar surface area (TPSA) is 109 Å². The average Bonchev–Trinajstić information content (AvgIpc) is 3.10. The van der Waals surface area contributed by atoms with Gasteiger partial charge in [-0.15, -0.1) is 0 Å². The van der Waals surface area contributed by atoms with Crippen molar-refractivity contribution in [3.8, 4) is 0 Å². The van der Waals surface area contributed by atoms with E-state index in [2.05, 4.69) is 15.4 Å². The number of amides is 2. The normalized spacial score (nSPS) is 15.9. The van der Waals surface area contributed by atoms with Gasteiger partial charge in [0.05, 0.1) is 10.9 Å². The predicted molar refractivity (Wildman–Crippen MR) is 119 cm³/mol. The number of nitrogens with zero attached hydrogens (tertiary/aromatic N) is 1. The summed E-state index contributed by atoms with van der Waals surface area (Å²) in [6.07, 6.45) is 0.243. The number of aromatic nitrogens is 1. The number of benzene rings is 2. The molecule has 0 aliphatic carbocycles. The molecule has 0 bridgehead atoms. The first-order valence-electron chi connectivity index (χ1n) is 10.1. The molecular formula is C22H24N4O4S. The molecule has 0 spiro atoms. The largest absolute Gasteiger partial charge is 0.356 e. The van der Waals surface area contributed by atoms with E-state index in [1.807, 2.05) is 18.4 Å². The summed E-state index contributed by atoms with van der Waals surface area (Å²) >= 11 is 0. The van der Waals surface area contributed by atoms with Gasteiger partial charge in [-0.05, 0) is 50.2 Å². The molecule has 9 heteroatoms. The quantitative estimate of drug-likeness (QED) is 0.547. The molecule has 2 aromatic carbocycles. The van der Waals surface area contributed by atoms with E-state index in [1.165, 1.54) is 0 Å². The Morgan fingerprint density at radius 3 is 2.61 bits per heavy atom. The van der Waals surface area contributed by atoms with Crippen LogP contribution in [-0.2, 0) is 14.8 Å². The molecule has 162 valence electrons. The number of carbonyl (C=O) groups excluding carboxylic acids is 2. The summed E-state index contributed by atoms with van der Waals surface area (Å²) in [5.74, 6) is -0.302. The number of hydrogen-bond acceptors (Lipinski definition) is 4. The van der Waals surface area contributed by atoms with Crippen molar-refractivity contribution in [2.75, 3.05) is 17.8 Å². The highest BCUT2D eigenvalue weighted by atomic mass is 32.2. The fourth-order valence-electron chi connectivity index (χ4n) is 3.84. The van der Waals surface area contributed by atoms with Crippen molar-refractivity contribution in [3.63, 3.8) is 0 Å². The van der Waals surface area contributed by atoms with Crippen molar-refractivity contribution in [2.24, 2.45) is 0 Å². The summed E-state index contributed by atoms with van der Waals surface area (Å²) in [6.45, 7) is 4.65. The van der Waals surface area contributed by atoms with Crippen LogP contribution in [0.2, 0.25) is 0 Å². The Bertz CT molecular complexity index is 1260. The molecule has 1 aromatic heterocycles. The fraction of sp³-hybridized carbons (Fsp3) is 0.273. The Morgan fingerprint density at radius 2 is 1.90 bits per heavy atom. The lowest BCUT2D eigenvalue weighted by Gasteiger charge is -2.27. The van der Waals surface area contributed by atoms with Gasteiger partial charge in [0.1, 0.15) is 5.69 Å². The Hall–Kier alpha value is -3.33. The maximum absolute atomic E-state index is 12.7. The fourth-order valence-corrected chi connectivity index (χ4v) is 4.89. The summed E-state index contributed by atoms with van der Waals surface area (Å²) in [5, 5.41) is 6.33. The molecule has 1 unspecified atom stereocenters. The monoisotopic (exact) mass is 440 g/mol. The van der Waals surface area contributed by atoms with Gasteiger partial charge in [0, 0.05) is 36.1 Å². The molecule has 0 saturated carbocycles. The molecule has 0 saturated heterocycles. The molecule has 8 nitrogen and oxygen atoms in total. The van der Waals surface area contributed by atoms with Crippen LogP contribution in [0.5, 0.6) is 0 Å². The van der Waals surface area contributed by atoms with Gasteiger partial charge < -0.3 is 15.2 Å². The molecule has 1 aliphatic heterocycles. The first-order chi connectivity index (χ1) is 14.8. The first-order valence-corrected chi connectivity index (χ1v) is 11.6. The van der Waals surface area contributed by atoms with Gasteiger partial charge in [-0.1, -0.05) is 17.7 Å². The highest BCUT2D eigenvalue weighted by molar-refractivity contribution is 7.92. The molecule has 31 heavy (non-hydrogen) atoms. The van der Waals surface area contributed by atoms with E-state index < -0.39 is 10.0 Å². The zero-order valence-electron chi connectivity index (χ0n) is 17.3. The van der Waals surface area contributed by atoms with Crippen LogP contribution in [0.4, 0.5) is 5.69 Å². The molecule has 4 rings (SSSR count). The summed E-state index contributed by atoms with van der Waals surface area (Å²) < 4.78 is 29.9. The van der Waals surface area contributed by atoms with Crippen LogP contribution in [0.15, 0.2) is 53.4 Å². The summed E-state index contributed by atoms with van der Waals surface area (Å²) in [7, 11) is -3.73. The third kappa shape index (κ3) is 4.13. The number of anilines is 1. The maximum Gasteiger partial charge on any atom is 0.268 e. The van der Waals surface area contributed by atoms with Crippen LogP contribution >= 0.6 is 0 Å². The average molecular weight is 441 g/mol. The Balaban J connectivity index is 1.67. The van der Waals surface area contributed by atoms with Crippen LogP contribution in [-0.4, -0.2) is 37.9 Å². The van der Waals surface area contributed by atoms with Crippen molar-refractivity contribution >= 4 is 38.4 Å². The number of sulfonamides is 1. The minimum absolute atomic E-state index is 0.0843. The number of hydrogen-bond donors (Lipinski definition) is 3. The lowest BCUT2D eigenvalue weighted by atomic mass is 10.1. The second kappa shape index (κ2) is 8.07. The van der Waals surface area contributed by atoms with Crippen LogP contribution in [0, 0.1) is 6.92 Å². The lowest BCUT2D eigenvalue weighted by molar-refractivity contribution is -0.121. The Morgan fingerprint density at radius 1 is 1.16 bits per heavy atom. The zero-order valence-corrected chi connectivity index (χ0v) is 18.1. The van der Waals surface area contributed by atoms with Gasteiger partial charge in [0.2, 0.25) is 5.91 Å². The third-order valence-corrected chi connectivity index (χ3v) is 6.71. The molecule has 2 heterocycles. The van der Waals surface area contributed by atoms with Crippen molar-refractivity contribution in [2.45, 2.75) is 31.2 Å². The molecule has 1 atom stereocenters. The minimum atomic E-state index is -3.73. The van der Waals surface area contributed by atoms with E-state index in [1.54, 1.807) is 48.5 Å². The second-order valence-corrected chi connectivity index (χ2v) is 9.30. The number of rotatable bonds is 6. The van der Waals surface area contributed by atoms with Crippen molar-refractivity contribution < 1.29 is 18.0 Å². The molecule has 0 radical (unpaired) electrons. The van der Waals surface area contributed by atoms with Gasteiger partial charge >= 0.3 is 0 Å². The summed E-state index contributed by atoms with van der Waals surface area (Å²) in [5.41, 5.74) is 2.60. The molecule has 3 aromatic rings. The van der Waals surface area contributed by atoms with Crippen LogP contribution < -0.4 is 15.4 Å². The molecule has 0 fully saturated rings. The van der Waals surface area contributed by atoms with E-state index in [4.69, 9.17) is 0 Å². The van der Waals surface area contributed by atoms with Gasteiger partial charge in [0.15, 0.2) is 0 Å². The highest BCUT2D eigenvalue weighted by Gasteiger charge is 2.28. The predicted octanol–water partition coefficient (Wildman–Crippen LogP) is 2.56. The highest BCUT2D eigenvalue weighted by Crippen LogP contribution is 2.31. The van der Waals surface area contributed by atoms with Gasteiger partial charge in [-0.2, -0.15) is 0 Å². The number of aryl methyl sites for hydroxylation is 1. The molecular weight excluding hydrogens is 416 g/mol. The molecule has 3 N–H and O–H groups in total. The SMILES string of the molecule is CCNC(=O)CC1CNC(=O)c2cc3cc(NS(=O)(=O)c4ccc(C)cc4)ccc3n21. The van der Waals surface area contributed by atoms with Crippen molar-refractivity contribution in [1.29, 1.82) is 0 Å². The second-order valence-electron chi connectivity index (χ2n) is 7.61. The zero-order chi connectivity index (χ0) is 22.2. The van der Waals surface area contributed by atoms with Gasteiger partial charge in [0.25, 0.3) is 15.9 Å². The van der Waals surface area contributed by atoms with Gasteiger partial charge in [-0.25, -0.2) is 8.42 Å². The standard InChI is InChI=1S/C22H24N4O4S/c1-3-23-21(27)12-17-13-24-22(28)20-11-15-10-16(6-9-19(15)26(17)20)25-31(29,30)18-7-4-14(2)5-8-18/h4-11,17,25H,3,12-13H2,1-2H3,(H,23,27)(H,24,28). The van der Waals surface area contributed by atoms with Crippen molar-refractivity contribution in [3.05, 3.63) is 59.8 Å². The van der Waals surface area contributed by atoms with Crippen LogP contribution in [0.25, 0.3) is 10.9 Å². The smallest absolute Gasteiger partial charge is 0.268 e. The number of fused-ring (bicyclic) bond motifs is 3. The maximum atomic E-state index is 12.7. The van der Waals surface area contributed by atoms with E-state index in [0.717, 1.165) is 16.5 Å².